The van der Waals surface area contributed by atoms with Crippen molar-refractivity contribution >= 4 is 33.6 Å². The van der Waals surface area contributed by atoms with Gasteiger partial charge in [0.05, 0.1) is 5.69 Å². The van der Waals surface area contributed by atoms with E-state index < -0.39 is 18.0 Å². The van der Waals surface area contributed by atoms with Crippen molar-refractivity contribution in [3.05, 3.63) is 28.2 Å². The van der Waals surface area contributed by atoms with Gasteiger partial charge >= 0.3 is 12.0 Å². The number of nitrogens with one attached hydrogen (secondary N) is 2. The second kappa shape index (κ2) is 8.63. The number of rotatable bonds is 7. The molecule has 0 bridgehead atoms. The lowest BCUT2D eigenvalue weighted by Gasteiger charge is -2.16. The second-order valence-corrected chi connectivity index (χ2v) is 5.35. The minimum atomic E-state index is -1.07. The highest BCUT2D eigenvalue weighted by Crippen LogP contribution is 2.25. The molecule has 0 saturated carbocycles. The van der Waals surface area contributed by atoms with Crippen LogP contribution in [0.1, 0.15) is 18.4 Å². The van der Waals surface area contributed by atoms with Gasteiger partial charge in [-0.15, -0.1) is 0 Å². The molecule has 116 valence electrons. The molecule has 0 aliphatic rings. The number of anilines is 1. The summed E-state index contributed by atoms with van der Waals surface area (Å²) in [5, 5.41) is 14.2. The van der Waals surface area contributed by atoms with Crippen LogP contribution in [0.2, 0.25) is 0 Å². The highest BCUT2D eigenvalue weighted by molar-refractivity contribution is 9.10. The molecule has 2 amide bonds. The summed E-state index contributed by atoms with van der Waals surface area (Å²) in [5.74, 6) is -1.07. The zero-order valence-corrected chi connectivity index (χ0v) is 13.6. The molecule has 21 heavy (non-hydrogen) atoms. The van der Waals surface area contributed by atoms with Gasteiger partial charge in [0, 0.05) is 18.2 Å². The summed E-state index contributed by atoms with van der Waals surface area (Å²) in [6.07, 6.45) is 0.869. The SMILES string of the molecule is COCCCC(NC(=O)Nc1cccc(C)c1Br)C(=O)O. The number of urea groups is 1. The fourth-order valence-corrected chi connectivity index (χ4v) is 2.11. The van der Waals surface area contributed by atoms with Gasteiger partial charge in [0.15, 0.2) is 0 Å². The lowest BCUT2D eigenvalue weighted by molar-refractivity contribution is -0.139. The third-order valence-electron chi connectivity index (χ3n) is 2.88. The Balaban J connectivity index is 2.61. The minimum absolute atomic E-state index is 0.311. The summed E-state index contributed by atoms with van der Waals surface area (Å²) < 4.78 is 5.64. The van der Waals surface area contributed by atoms with Gasteiger partial charge in [-0.1, -0.05) is 12.1 Å². The average Bonchev–Trinajstić information content (AvgIpc) is 2.43. The van der Waals surface area contributed by atoms with Crippen molar-refractivity contribution in [1.29, 1.82) is 0 Å². The molecule has 1 aromatic carbocycles. The molecule has 0 aromatic heterocycles. The smallest absolute Gasteiger partial charge is 0.326 e. The Kier molecular flexibility index (Phi) is 7.18. The number of carbonyl (C=O) groups excluding carboxylic acids is 1. The minimum Gasteiger partial charge on any atom is -0.480 e. The number of benzene rings is 1. The summed E-state index contributed by atoms with van der Waals surface area (Å²) in [7, 11) is 1.55. The van der Waals surface area contributed by atoms with E-state index in [4.69, 9.17) is 9.84 Å². The van der Waals surface area contributed by atoms with E-state index in [-0.39, 0.29) is 0 Å². The summed E-state index contributed by atoms with van der Waals surface area (Å²) >= 11 is 3.38. The molecule has 0 spiro atoms. The number of amides is 2. The third-order valence-corrected chi connectivity index (χ3v) is 3.94. The van der Waals surface area contributed by atoms with Crippen LogP contribution in [0, 0.1) is 6.92 Å². The monoisotopic (exact) mass is 358 g/mol. The number of carboxylic acid groups (broad SMARTS) is 1. The molecular formula is C14H19BrN2O4. The number of carbonyl (C=O) groups is 2. The molecule has 3 N–H and O–H groups in total. The number of hydrogen-bond donors (Lipinski definition) is 3. The van der Waals surface area contributed by atoms with Crippen molar-refractivity contribution in [3.8, 4) is 0 Å². The quantitative estimate of drug-likeness (QED) is 0.654. The van der Waals surface area contributed by atoms with Gasteiger partial charge < -0.3 is 20.5 Å². The van der Waals surface area contributed by atoms with Crippen molar-refractivity contribution in [2.45, 2.75) is 25.8 Å². The second-order valence-electron chi connectivity index (χ2n) is 4.56. The van der Waals surface area contributed by atoms with Gasteiger partial charge in [-0.2, -0.15) is 0 Å². The van der Waals surface area contributed by atoms with Crippen LogP contribution in [0.3, 0.4) is 0 Å². The van der Waals surface area contributed by atoms with Crippen LogP contribution in [-0.4, -0.2) is 36.9 Å². The Morgan fingerprint density at radius 2 is 2.14 bits per heavy atom. The number of aryl methyl sites for hydroxylation is 1. The molecule has 1 atom stereocenters. The number of halogens is 1. The first kappa shape index (κ1) is 17.5. The molecule has 0 fully saturated rings. The zero-order valence-electron chi connectivity index (χ0n) is 12.0. The van der Waals surface area contributed by atoms with Gasteiger partial charge in [0.2, 0.25) is 0 Å². The normalized spacial score (nSPS) is 11.8. The van der Waals surface area contributed by atoms with Crippen LogP contribution in [0.25, 0.3) is 0 Å². The van der Waals surface area contributed by atoms with Gasteiger partial charge in [-0.25, -0.2) is 9.59 Å². The van der Waals surface area contributed by atoms with E-state index in [2.05, 4.69) is 26.6 Å². The number of carboxylic acids is 1. The van der Waals surface area contributed by atoms with Crippen LogP contribution in [-0.2, 0) is 9.53 Å². The number of ether oxygens (including phenoxy) is 1. The van der Waals surface area contributed by atoms with Gasteiger partial charge in [-0.05, 0) is 47.3 Å². The molecular weight excluding hydrogens is 340 g/mol. The Morgan fingerprint density at radius 1 is 1.43 bits per heavy atom. The van der Waals surface area contributed by atoms with Gasteiger partial charge in [0.1, 0.15) is 6.04 Å². The molecule has 1 rings (SSSR count). The highest BCUT2D eigenvalue weighted by atomic mass is 79.9. The first-order valence-corrected chi connectivity index (χ1v) is 7.29. The Labute approximate surface area is 132 Å². The molecule has 0 aliphatic carbocycles. The highest BCUT2D eigenvalue weighted by Gasteiger charge is 2.19. The van der Waals surface area contributed by atoms with Crippen molar-refractivity contribution in [2.75, 3.05) is 19.0 Å². The molecule has 0 heterocycles. The van der Waals surface area contributed by atoms with Gasteiger partial charge in [0.25, 0.3) is 0 Å². The fraction of sp³-hybridized carbons (Fsp3) is 0.429. The molecule has 1 aromatic rings. The Morgan fingerprint density at radius 3 is 2.76 bits per heavy atom. The van der Waals surface area contributed by atoms with Crippen LogP contribution in [0.5, 0.6) is 0 Å². The van der Waals surface area contributed by atoms with Crippen LogP contribution >= 0.6 is 15.9 Å². The lowest BCUT2D eigenvalue weighted by atomic mass is 10.1. The third kappa shape index (κ3) is 5.73. The van der Waals surface area contributed by atoms with Crippen LogP contribution in [0.15, 0.2) is 22.7 Å². The average molecular weight is 359 g/mol. The summed E-state index contributed by atoms with van der Waals surface area (Å²) in [4.78, 5) is 23.0. The van der Waals surface area contributed by atoms with Crippen LogP contribution in [0.4, 0.5) is 10.5 Å². The maximum atomic E-state index is 11.9. The van der Waals surface area contributed by atoms with Crippen molar-refractivity contribution in [1.82, 2.24) is 5.32 Å². The van der Waals surface area contributed by atoms with Gasteiger partial charge in [-0.3, -0.25) is 0 Å². The lowest BCUT2D eigenvalue weighted by Crippen LogP contribution is -2.43. The molecule has 0 aliphatic heterocycles. The van der Waals surface area contributed by atoms with E-state index in [1.54, 1.807) is 13.2 Å². The Bertz CT molecular complexity index is 508. The van der Waals surface area contributed by atoms with E-state index in [0.717, 1.165) is 10.0 Å². The zero-order chi connectivity index (χ0) is 15.8. The summed E-state index contributed by atoms with van der Waals surface area (Å²) in [6.45, 7) is 2.36. The molecule has 0 radical (unpaired) electrons. The molecule has 0 saturated heterocycles. The number of hydrogen-bond acceptors (Lipinski definition) is 3. The van der Waals surface area contributed by atoms with E-state index >= 15 is 0 Å². The van der Waals surface area contributed by atoms with E-state index in [0.29, 0.717) is 25.1 Å². The predicted octanol–water partition coefficient (Wildman–Crippen LogP) is 2.76. The van der Waals surface area contributed by atoms with E-state index in [1.165, 1.54) is 0 Å². The summed E-state index contributed by atoms with van der Waals surface area (Å²) in [5.41, 5.74) is 1.57. The van der Waals surface area contributed by atoms with E-state index in [1.807, 2.05) is 19.1 Å². The first-order chi connectivity index (χ1) is 9.95. The Hall–Kier alpha value is -1.60. The molecule has 1 unspecified atom stereocenters. The summed E-state index contributed by atoms with van der Waals surface area (Å²) in [6, 6.07) is 3.95. The van der Waals surface area contributed by atoms with Crippen LogP contribution < -0.4 is 10.6 Å². The maximum Gasteiger partial charge on any atom is 0.326 e. The largest absolute Gasteiger partial charge is 0.480 e. The topological polar surface area (TPSA) is 87.7 Å². The van der Waals surface area contributed by atoms with E-state index in [9.17, 15) is 9.59 Å². The first-order valence-electron chi connectivity index (χ1n) is 6.50. The standard InChI is InChI=1S/C14H19BrN2O4/c1-9-5-3-6-10(12(9)15)16-14(20)17-11(13(18)19)7-4-8-21-2/h3,5-6,11H,4,7-8H2,1-2H3,(H,18,19)(H2,16,17,20). The fourth-order valence-electron chi connectivity index (χ4n) is 1.75. The van der Waals surface area contributed by atoms with Crippen molar-refractivity contribution in [3.63, 3.8) is 0 Å². The predicted molar refractivity (Wildman–Crippen MR) is 83.6 cm³/mol. The van der Waals surface area contributed by atoms with Crippen molar-refractivity contribution < 1.29 is 19.4 Å². The number of aliphatic carboxylic acids is 1. The molecule has 6 nitrogen and oxygen atoms in total. The number of methoxy groups -OCH3 is 1. The maximum absolute atomic E-state index is 11.9. The molecule has 7 heteroatoms. The van der Waals surface area contributed by atoms with Crippen molar-refractivity contribution in [2.24, 2.45) is 0 Å².